The van der Waals surface area contributed by atoms with Gasteiger partial charge in [-0.05, 0) is 25.0 Å². The lowest BCUT2D eigenvalue weighted by Gasteiger charge is -2.19. The number of hydrogen-bond acceptors (Lipinski definition) is 6. The lowest BCUT2D eigenvalue weighted by molar-refractivity contribution is 0.320. The number of benzene rings is 1. The fourth-order valence-electron chi connectivity index (χ4n) is 3.25. The molecule has 4 rings (SSSR count). The van der Waals surface area contributed by atoms with Crippen molar-refractivity contribution in [2.24, 2.45) is 5.73 Å². The van der Waals surface area contributed by atoms with Crippen molar-refractivity contribution in [3.63, 3.8) is 0 Å². The summed E-state index contributed by atoms with van der Waals surface area (Å²) < 4.78 is 16.6. The number of nitrogens with two attached hydrogens (primary N) is 1. The molecule has 2 heterocycles. The van der Waals surface area contributed by atoms with Crippen molar-refractivity contribution < 1.29 is 14.0 Å². The van der Waals surface area contributed by atoms with Gasteiger partial charge in [0.05, 0.1) is 18.2 Å². The minimum absolute atomic E-state index is 0. The van der Waals surface area contributed by atoms with Crippen LogP contribution in [0.5, 0.6) is 11.5 Å². The van der Waals surface area contributed by atoms with Crippen molar-refractivity contribution >= 4 is 24.1 Å². The number of hydrogen-bond donors (Lipinski definition) is 1. The molecule has 1 fully saturated rings. The van der Waals surface area contributed by atoms with Gasteiger partial charge in [0.2, 0.25) is 0 Å². The number of methoxy groups -OCH3 is 1. The van der Waals surface area contributed by atoms with E-state index in [0.717, 1.165) is 48.3 Å². The van der Waals surface area contributed by atoms with Gasteiger partial charge in [-0.15, -0.1) is 12.4 Å². The summed E-state index contributed by atoms with van der Waals surface area (Å²) in [7, 11) is 1.63. The van der Waals surface area contributed by atoms with Crippen LogP contribution in [0.15, 0.2) is 22.7 Å². The van der Waals surface area contributed by atoms with Gasteiger partial charge in [-0.2, -0.15) is 4.98 Å². The number of aromatic nitrogens is 2. The molecule has 2 N–H and O–H groups in total. The molecule has 128 valence electrons. The number of ether oxygens (including phenoxy) is 2. The highest BCUT2D eigenvalue weighted by Gasteiger charge is 2.36. The number of rotatable bonds is 3. The molecule has 0 amide bonds. The smallest absolute Gasteiger partial charge is 0.257 e. The summed E-state index contributed by atoms with van der Waals surface area (Å²) in [6.45, 7) is 0.368. The average Bonchev–Trinajstić information content (AvgIpc) is 3.24. The van der Waals surface area contributed by atoms with Crippen LogP contribution in [0.1, 0.15) is 43.0 Å². The minimum atomic E-state index is -0.445. The fraction of sp³-hybridized carbons (Fsp3) is 0.412. The van der Waals surface area contributed by atoms with E-state index in [-0.39, 0.29) is 12.4 Å². The molecule has 0 atom stereocenters. The Labute approximate surface area is 146 Å². The highest BCUT2D eigenvalue weighted by Crippen LogP contribution is 2.38. The Morgan fingerprint density at radius 2 is 2.04 bits per heavy atom. The molecule has 1 saturated carbocycles. The third-order valence-electron chi connectivity index (χ3n) is 4.57. The predicted molar refractivity (Wildman–Crippen MR) is 92.2 cm³/mol. The predicted octanol–water partition coefficient (Wildman–Crippen LogP) is 3.16. The van der Waals surface area contributed by atoms with Crippen LogP contribution in [0.25, 0.3) is 11.6 Å². The van der Waals surface area contributed by atoms with Crippen LogP contribution in [0, 0.1) is 0 Å². The van der Waals surface area contributed by atoms with Crippen LogP contribution in [-0.2, 0) is 5.54 Å². The maximum atomic E-state index is 6.39. The summed E-state index contributed by atoms with van der Waals surface area (Å²) >= 11 is 0. The Morgan fingerprint density at radius 1 is 1.25 bits per heavy atom. The van der Waals surface area contributed by atoms with E-state index in [2.05, 4.69) is 10.1 Å². The second kappa shape index (κ2) is 6.45. The van der Waals surface area contributed by atoms with E-state index < -0.39 is 5.54 Å². The largest absolute Gasteiger partial charge is 0.493 e. The van der Waals surface area contributed by atoms with Gasteiger partial charge >= 0.3 is 0 Å². The molecule has 0 bridgehead atoms. The molecule has 0 radical (unpaired) electrons. The normalized spacial score (nSPS) is 18.2. The van der Waals surface area contributed by atoms with Crippen molar-refractivity contribution in [2.45, 2.75) is 31.2 Å². The second-order valence-corrected chi connectivity index (χ2v) is 6.12. The quantitative estimate of drug-likeness (QED) is 0.916. The Kier molecular flexibility index (Phi) is 4.51. The van der Waals surface area contributed by atoms with Gasteiger partial charge < -0.3 is 19.7 Å². The number of nitrogens with zero attached hydrogens (tertiary/aromatic N) is 2. The van der Waals surface area contributed by atoms with E-state index in [9.17, 15) is 0 Å². The molecule has 2 aliphatic rings. The first-order valence-electron chi connectivity index (χ1n) is 7.83. The van der Waals surface area contributed by atoms with Gasteiger partial charge in [-0.3, -0.25) is 0 Å². The minimum Gasteiger partial charge on any atom is -0.493 e. The molecule has 2 aromatic rings. The zero-order valence-corrected chi connectivity index (χ0v) is 14.3. The Bertz CT molecular complexity index is 766. The molecule has 1 aliphatic carbocycles. The standard InChI is InChI=1S/C17H19N3O3.ClH/c1-21-13-6-4-5-11-9-12(10-22-14(11)13)15-19-16(20-23-15)17(18)7-2-3-8-17;/h4-6,9H,2-3,7-8,10,18H2,1H3;1H. The summed E-state index contributed by atoms with van der Waals surface area (Å²) in [5.41, 5.74) is 7.73. The van der Waals surface area contributed by atoms with Crippen LogP contribution in [0.2, 0.25) is 0 Å². The highest BCUT2D eigenvalue weighted by molar-refractivity contribution is 5.85. The van der Waals surface area contributed by atoms with Gasteiger partial charge in [0.1, 0.15) is 6.61 Å². The molecule has 0 saturated heterocycles. The fourth-order valence-corrected chi connectivity index (χ4v) is 3.25. The molecule has 0 spiro atoms. The number of fused-ring (bicyclic) bond motifs is 1. The highest BCUT2D eigenvalue weighted by atomic mass is 35.5. The molecule has 1 aliphatic heterocycles. The van der Waals surface area contributed by atoms with Crippen molar-refractivity contribution in [1.29, 1.82) is 0 Å². The molecular formula is C17H20ClN3O3. The Morgan fingerprint density at radius 3 is 2.79 bits per heavy atom. The van der Waals surface area contributed by atoms with Crippen LogP contribution >= 0.6 is 12.4 Å². The summed E-state index contributed by atoms with van der Waals surface area (Å²) in [6, 6.07) is 5.77. The first kappa shape index (κ1) is 16.8. The van der Waals surface area contributed by atoms with Crippen LogP contribution in [-0.4, -0.2) is 23.9 Å². The average molecular weight is 350 g/mol. The summed E-state index contributed by atoms with van der Waals surface area (Å²) in [4.78, 5) is 4.52. The van der Waals surface area contributed by atoms with Crippen molar-refractivity contribution in [3.05, 3.63) is 35.5 Å². The van der Waals surface area contributed by atoms with E-state index in [4.69, 9.17) is 19.7 Å². The lowest BCUT2D eigenvalue weighted by Crippen LogP contribution is -2.34. The summed E-state index contributed by atoms with van der Waals surface area (Å²) in [5, 5.41) is 4.10. The SMILES string of the molecule is COc1cccc2c1OCC(c1nc(C3(N)CCCC3)no1)=C2.Cl. The molecule has 0 unspecified atom stereocenters. The number of halogens is 1. The van der Waals surface area contributed by atoms with E-state index in [1.54, 1.807) is 7.11 Å². The first-order chi connectivity index (χ1) is 11.2. The van der Waals surface area contributed by atoms with Crippen molar-refractivity contribution in [3.8, 4) is 11.5 Å². The maximum absolute atomic E-state index is 6.39. The van der Waals surface area contributed by atoms with Crippen LogP contribution < -0.4 is 15.2 Å². The Balaban J connectivity index is 0.00000169. The first-order valence-corrected chi connectivity index (χ1v) is 7.83. The Hall–Kier alpha value is -2.05. The number of para-hydroxylation sites is 1. The molecule has 6 nitrogen and oxygen atoms in total. The molecular weight excluding hydrogens is 330 g/mol. The van der Waals surface area contributed by atoms with Gasteiger partial charge in [0.25, 0.3) is 5.89 Å². The van der Waals surface area contributed by atoms with E-state index in [1.807, 2.05) is 24.3 Å². The monoisotopic (exact) mass is 349 g/mol. The molecule has 1 aromatic heterocycles. The van der Waals surface area contributed by atoms with E-state index in [1.165, 1.54) is 0 Å². The van der Waals surface area contributed by atoms with Gasteiger partial charge in [0, 0.05) is 5.56 Å². The zero-order chi connectivity index (χ0) is 15.9. The van der Waals surface area contributed by atoms with Gasteiger partial charge in [-0.25, -0.2) is 0 Å². The van der Waals surface area contributed by atoms with E-state index >= 15 is 0 Å². The van der Waals surface area contributed by atoms with Crippen molar-refractivity contribution in [1.82, 2.24) is 10.1 Å². The third-order valence-corrected chi connectivity index (χ3v) is 4.57. The second-order valence-electron chi connectivity index (χ2n) is 6.12. The van der Waals surface area contributed by atoms with Crippen LogP contribution in [0.4, 0.5) is 0 Å². The molecule has 7 heteroatoms. The summed E-state index contributed by atoms with van der Waals surface area (Å²) in [5.74, 6) is 2.54. The van der Waals surface area contributed by atoms with E-state index in [0.29, 0.717) is 18.3 Å². The van der Waals surface area contributed by atoms with Gasteiger partial charge in [-0.1, -0.05) is 30.1 Å². The molecule has 1 aromatic carbocycles. The lowest BCUT2D eigenvalue weighted by atomic mass is 9.98. The molecule has 24 heavy (non-hydrogen) atoms. The van der Waals surface area contributed by atoms with Crippen LogP contribution in [0.3, 0.4) is 0 Å². The maximum Gasteiger partial charge on any atom is 0.257 e. The topological polar surface area (TPSA) is 83.4 Å². The third kappa shape index (κ3) is 2.76. The zero-order valence-electron chi connectivity index (χ0n) is 13.4. The van der Waals surface area contributed by atoms with Crippen molar-refractivity contribution in [2.75, 3.05) is 13.7 Å². The van der Waals surface area contributed by atoms with Gasteiger partial charge in [0.15, 0.2) is 17.3 Å². The summed E-state index contributed by atoms with van der Waals surface area (Å²) in [6.07, 6.45) is 6.03.